The van der Waals surface area contributed by atoms with Gasteiger partial charge in [-0.3, -0.25) is 0 Å². The topological polar surface area (TPSA) is 69.9 Å². The Labute approximate surface area is 94.1 Å². The van der Waals surface area contributed by atoms with E-state index in [4.69, 9.17) is 4.74 Å². The molecule has 4 nitrogen and oxygen atoms in total. The summed E-state index contributed by atoms with van der Waals surface area (Å²) in [6.07, 6.45) is -3.08. The second-order valence-corrected chi connectivity index (χ2v) is 4.11. The molecule has 0 radical (unpaired) electrons. The van der Waals surface area contributed by atoms with Crippen molar-refractivity contribution in [3.8, 4) is 0 Å². The standard InChI is InChI=1S/C12H16O4/c13-9-7-16-10(12(15)11(9)14)6-8-4-2-1-3-5-8/h1-5,9-15H,6-7H2/t9-,10+,11+,12+/m1/s1. The fourth-order valence-corrected chi connectivity index (χ4v) is 1.89. The second-order valence-electron chi connectivity index (χ2n) is 4.11. The van der Waals surface area contributed by atoms with E-state index in [1.165, 1.54) is 0 Å². The summed E-state index contributed by atoms with van der Waals surface area (Å²) >= 11 is 0. The fourth-order valence-electron chi connectivity index (χ4n) is 1.89. The van der Waals surface area contributed by atoms with Crippen molar-refractivity contribution in [2.45, 2.75) is 30.8 Å². The van der Waals surface area contributed by atoms with E-state index in [2.05, 4.69) is 0 Å². The molecular weight excluding hydrogens is 208 g/mol. The van der Waals surface area contributed by atoms with E-state index in [0.29, 0.717) is 6.42 Å². The van der Waals surface area contributed by atoms with Crippen molar-refractivity contribution in [3.63, 3.8) is 0 Å². The summed E-state index contributed by atoms with van der Waals surface area (Å²) < 4.78 is 5.32. The molecule has 0 aliphatic carbocycles. The predicted molar refractivity (Wildman–Crippen MR) is 57.9 cm³/mol. The van der Waals surface area contributed by atoms with Gasteiger partial charge in [-0.05, 0) is 5.56 Å². The summed E-state index contributed by atoms with van der Waals surface area (Å²) in [4.78, 5) is 0. The first-order chi connectivity index (χ1) is 7.68. The van der Waals surface area contributed by atoms with E-state index in [1.807, 2.05) is 30.3 Å². The molecule has 1 fully saturated rings. The van der Waals surface area contributed by atoms with Crippen molar-refractivity contribution >= 4 is 0 Å². The molecule has 4 heteroatoms. The van der Waals surface area contributed by atoms with Crippen molar-refractivity contribution in [2.75, 3.05) is 6.61 Å². The number of hydrogen-bond donors (Lipinski definition) is 3. The molecule has 0 spiro atoms. The SMILES string of the molecule is O[C@@H]1[C@@H](O)[C@H](Cc2ccccc2)OC[C@H]1O. The zero-order valence-corrected chi connectivity index (χ0v) is 8.86. The van der Waals surface area contributed by atoms with Crippen LogP contribution in [-0.2, 0) is 11.2 Å². The third-order valence-corrected chi connectivity index (χ3v) is 2.89. The molecule has 1 aliphatic rings. The first-order valence-corrected chi connectivity index (χ1v) is 5.38. The Morgan fingerprint density at radius 3 is 2.44 bits per heavy atom. The van der Waals surface area contributed by atoms with Crippen LogP contribution in [0, 0.1) is 0 Å². The van der Waals surface area contributed by atoms with E-state index >= 15 is 0 Å². The molecule has 1 aliphatic heterocycles. The summed E-state index contributed by atoms with van der Waals surface area (Å²) in [5.41, 5.74) is 1.04. The maximum absolute atomic E-state index is 9.73. The van der Waals surface area contributed by atoms with Gasteiger partial charge in [-0.2, -0.15) is 0 Å². The molecule has 0 bridgehead atoms. The average molecular weight is 224 g/mol. The molecule has 2 rings (SSSR count). The fraction of sp³-hybridized carbons (Fsp3) is 0.500. The van der Waals surface area contributed by atoms with Crippen LogP contribution in [0.4, 0.5) is 0 Å². The van der Waals surface area contributed by atoms with Crippen LogP contribution in [0.2, 0.25) is 0 Å². The molecule has 0 amide bonds. The summed E-state index contributed by atoms with van der Waals surface area (Å²) in [5, 5.41) is 28.5. The van der Waals surface area contributed by atoms with E-state index < -0.39 is 24.4 Å². The van der Waals surface area contributed by atoms with Crippen LogP contribution in [-0.4, -0.2) is 46.3 Å². The molecule has 0 unspecified atom stereocenters. The Bertz CT molecular complexity index is 327. The third-order valence-electron chi connectivity index (χ3n) is 2.89. The number of benzene rings is 1. The number of aliphatic hydroxyl groups excluding tert-OH is 3. The predicted octanol–water partition coefficient (Wildman–Crippen LogP) is -0.289. The zero-order valence-electron chi connectivity index (χ0n) is 8.86. The minimum atomic E-state index is -1.12. The monoisotopic (exact) mass is 224 g/mol. The number of ether oxygens (including phenoxy) is 1. The Morgan fingerprint density at radius 1 is 1.06 bits per heavy atom. The van der Waals surface area contributed by atoms with E-state index in [1.54, 1.807) is 0 Å². The van der Waals surface area contributed by atoms with E-state index in [-0.39, 0.29) is 6.61 Å². The first kappa shape index (κ1) is 11.5. The van der Waals surface area contributed by atoms with Crippen LogP contribution < -0.4 is 0 Å². The molecule has 0 aromatic heterocycles. The molecule has 16 heavy (non-hydrogen) atoms. The van der Waals surface area contributed by atoms with Gasteiger partial charge in [0.1, 0.15) is 18.3 Å². The van der Waals surface area contributed by atoms with Crippen molar-refractivity contribution in [2.24, 2.45) is 0 Å². The molecule has 4 atom stereocenters. The van der Waals surface area contributed by atoms with Gasteiger partial charge in [0, 0.05) is 6.42 Å². The molecule has 3 N–H and O–H groups in total. The molecule has 1 saturated heterocycles. The highest BCUT2D eigenvalue weighted by Crippen LogP contribution is 2.19. The molecule has 0 saturated carbocycles. The van der Waals surface area contributed by atoms with Crippen LogP contribution in [0.1, 0.15) is 5.56 Å². The van der Waals surface area contributed by atoms with Crippen LogP contribution in [0.5, 0.6) is 0 Å². The first-order valence-electron chi connectivity index (χ1n) is 5.38. The van der Waals surface area contributed by atoms with Crippen LogP contribution in [0.15, 0.2) is 30.3 Å². The second kappa shape index (κ2) is 4.93. The lowest BCUT2D eigenvalue weighted by Crippen LogP contribution is -2.53. The quantitative estimate of drug-likeness (QED) is 0.645. The summed E-state index contributed by atoms with van der Waals surface area (Å²) in [6.45, 7) is 0.0652. The summed E-state index contributed by atoms with van der Waals surface area (Å²) in [7, 11) is 0. The molecule has 88 valence electrons. The lowest BCUT2D eigenvalue weighted by molar-refractivity contribution is -0.186. The lowest BCUT2D eigenvalue weighted by atomic mass is 9.95. The maximum atomic E-state index is 9.73. The third kappa shape index (κ3) is 2.41. The highest BCUT2D eigenvalue weighted by atomic mass is 16.5. The molecule has 1 aromatic carbocycles. The minimum absolute atomic E-state index is 0.0652. The van der Waals surface area contributed by atoms with E-state index in [9.17, 15) is 15.3 Å². The van der Waals surface area contributed by atoms with Crippen LogP contribution >= 0.6 is 0 Å². The highest BCUT2D eigenvalue weighted by Gasteiger charge is 2.37. The maximum Gasteiger partial charge on any atom is 0.111 e. The normalized spacial score (nSPS) is 34.9. The number of hydrogen-bond acceptors (Lipinski definition) is 4. The highest BCUT2D eigenvalue weighted by molar-refractivity contribution is 5.16. The number of rotatable bonds is 2. The minimum Gasteiger partial charge on any atom is -0.388 e. The van der Waals surface area contributed by atoms with Crippen molar-refractivity contribution in [3.05, 3.63) is 35.9 Å². The smallest absolute Gasteiger partial charge is 0.111 e. The molecule has 1 aromatic rings. The van der Waals surface area contributed by atoms with Crippen molar-refractivity contribution in [1.29, 1.82) is 0 Å². The van der Waals surface area contributed by atoms with Crippen LogP contribution in [0.25, 0.3) is 0 Å². The van der Waals surface area contributed by atoms with Gasteiger partial charge in [0.15, 0.2) is 0 Å². The van der Waals surface area contributed by atoms with Gasteiger partial charge in [0.25, 0.3) is 0 Å². The van der Waals surface area contributed by atoms with Gasteiger partial charge >= 0.3 is 0 Å². The van der Waals surface area contributed by atoms with Gasteiger partial charge in [-0.1, -0.05) is 30.3 Å². The lowest BCUT2D eigenvalue weighted by Gasteiger charge is -2.35. The Balaban J connectivity index is 2.00. The van der Waals surface area contributed by atoms with E-state index in [0.717, 1.165) is 5.56 Å². The summed E-state index contributed by atoms with van der Waals surface area (Å²) in [6, 6.07) is 9.62. The Hall–Kier alpha value is -0.940. The van der Waals surface area contributed by atoms with Gasteiger partial charge < -0.3 is 20.1 Å². The van der Waals surface area contributed by atoms with Crippen molar-refractivity contribution in [1.82, 2.24) is 0 Å². The van der Waals surface area contributed by atoms with Gasteiger partial charge in [-0.15, -0.1) is 0 Å². The number of aliphatic hydroxyl groups is 3. The largest absolute Gasteiger partial charge is 0.388 e. The van der Waals surface area contributed by atoms with Gasteiger partial charge in [0.05, 0.1) is 12.7 Å². The Kier molecular flexibility index (Phi) is 3.56. The average Bonchev–Trinajstić information content (AvgIpc) is 2.31. The van der Waals surface area contributed by atoms with Gasteiger partial charge in [0.2, 0.25) is 0 Å². The van der Waals surface area contributed by atoms with Crippen molar-refractivity contribution < 1.29 is 20.1 Å². The zero-order chi connectivity index (χ0) is 11.5. The Morgan fingerprint density at radius 2 is 1.75 bits per heavy atom. The molecule has 1 heterocycles. The van der Waals surface area contributed by atoms with Gasteiger partial charge in [-0.25, -0.2) is 0 Å². The summed E-state index contributed by atoms with van der Waals surface area (Å²) in [5.74, 6) is 0. The molecular formula is C12H16O4. The van der Waals surface area contributed by atoms with Crippen LogP contribution in [0.3, 0.4) is 0 Å².